The predicted octanol–water partition coefficient (Wildman–Crippen LogP) is 2.78. The molecule has 0 radical (unpaired) electrons. The second-order valence-electron chi connectivity index (χ2n) is 12.2. The predicted molar refractivity (Wildman–Crippen MR) is 157 cm³/mol. The Morgan fingerprint density at radius 1 is 1.12 bits per heavy atom. The summed E-state index contributed by atoms with van der Waals surface area (Å²) in [5, 5.41) is 18.1. The van der Waals surface area contributed by atoms with Gasteiger partial charge in [-0.2, -0.15) is 0 Å². The fourth-order valence-corrected chi connectivity index (χ4v) is 5.92. The van der Waals surface area contributed by atoms with Gasteiger partial charge in [-0.1, -0.05) is 17.7 Å². The number of phenolic OH excluding ortho intramolecular Hbond substituents is 1. The van der Waals surface area contributed by atoms with Gasteiger partial charge in [0.05, 0.1) is 10.6 Å². The second-order valence-corrected chi connectivity index (χ2v) is 12.6. The number of carbonyl (C=O) groups is 4. The van der Waals surface area contributed by atoms with E-state index in [0.717, 1.165) is 11.4 Å². The maximum Gasteiger partial charge on any atom is 0.408 e. The number of hydrogen-bond donors (Lipinski definition) is 4. The number of alkyl carbamates (subject to hydrolysis) is 1. The van der Waals surface area contributed by atoms with Crippen LogP contribution in [0.3, 0.4) is 0 Å². The highest BCUT2D eigenvalue weighted by atomic mass is 35.5. The van der Waals surface area contributed by atoms with E-state index in [-0.39, 0.29) is 47.4 Å². The fraction of sp³-hybridized carbons (Fsp3) is 0.533. The topological polar surface area (TPSA) is 142 Å². The Bertz CT molecular complexity index is 1370. The molecular weight excluding hydrogens is 562 g/mol. The van der Waals surface area contributed by atoms with E-state index >= 15 is 0 Å². The summed E-state index contributed by atoms with van der Waals surface area (Å²) < 4.78 is 7.22. The number of aromatic nitrogens is 1. The zero-order chi connectivity index (χ0) is 30.9. The summed E-state index contributed by atoms with van der Waals surface area (Å²) >= 11 is 6.04. The number of amides is 4. The summed E-state index contributed by atoms with van der Waals surface area (Å²) in [5.41, 5.74) is 2.12. The highest BCUT2D eigenvalue weighted by Gasteiger charge is 2.56. The molecular formula is C30H40ClN5O6. The number of ether oxygens (including phenoxy) is 1. The van der Waals surface area contributed by atoms with Gasteiger partial charge in [0.2, 0.25) is 11.8 Å². The Labute approximate surface area is 250 Å². The van der Waals surface area contributed by atoms with Crippen LogP contribution in [0.2, 0.25) is 5.02 Å². The number of nitrogens with one attached hydrogen (secondary N) is 3. The van der Waals surface area contributed by atoms with E-state index in [9.17, 15) is 24.3 Å². The summed E-state index contributed by atoms with van der Waals surface area (Å²) in [7, 11) is 1.58. The van der Waals surface area contributed by atoms with Crippen LogP contribution in [0, 0.1) is 31.6 Å². The van der Waals surface area contributed by atoms with E-state index in [4.69, 9.17) is 16.3 Å². The quantitative estimate of drug-likeness (QED) is 0.348. The smallest absolute Gasteiger partial charge is 0.408 e. The lowest BCUT2D eigenvalue weighted by molar-refractivity contribution is -0.131. The van der Waals surface area contributed by atoms with Gasteiger partial charge in [-0.3, -0.25) is 14.4 Å². The van der Waals surface area contributed by atoms with Gasteiger partial charge in [0.15, 0.2) is 0 Å². The van der Waals surface area contributed by atoms with Crippen LogP contribution < -0.4 is 16.0 Å². The Kier molecular flexibility index (Phi) is 9.10. The van der Waals surface area contributed by atoms with Gasteiger partial charge in [0.1, 0.15) is 23.9 Å². The summed E-state index contributed by atoms with van der Waals surface area (Å²) in [6.45, 7) is 10.8. The van der Waals surface area contributed by atoms with E-state index in [2.05, 4.69) is 16.0 Å². The fourth-order valence-electron chi connectivity index (χ4n) is 5.71. The van der Waals surface area contributed by atoms with Crippen molar-refractivity contribution in [1.29, 1.82) is 0 Å². The number of rotatable bonds is 9. The van der Waals surface area contributed by atoms with E-state index in [1.807, 2.05) is 23.3 Å². The molecule has 1 aromatic carbocycles. The maximum atomic E-state index is 13.2. The lowest BCUT2D eigenvalue weighted by Gasteiger charge is -2.24. The minimum absolute atomic E-state index is 0.00410. The number of likely N-dealkylation sites (tertiary alicyclic amines) is 1. The molecule has 2 aliphatic rings. The van der Waals surface area contributed by atoms with Crippen LogP contribution in [-0.2, 0) is 27.3 Å². The van der Waals surface area contributed by atoms with Crippen molar-refractivity contribution in [2.75, 3.05) is 26.7 Å². The Morgan fingerprint density at radius 2 is 1.79 bits per heavy atom. The van der Waals surface area contributed by atoms with Crippen molar-refractivity contribution >= 4 is 35.4 Å². The number of nitrogens with zero attached hydrogens (tertiary/aromatic N) is 2. The van der Waals surface area contributed by atoms with Gasteiger partial charge in [-0.05, 0) is 76.1 Å². The van der Waals surface area contributed by atoms with Crippen molar-refractivity contribution in [3.05, 3.63) is 51.8 Å². The molecule has 2 heterocycles. The molecule has 2 aromatic rings. The third kappa shape index (κ3) is 7.18. The van der Waals surface area contributed by atoms with Crippen LogP contribution in [0.15, 0.2) is 24.3 Å². The van der Waals surface area contributed by atoms with Crippen molar-refractivity contribution in [2.24, 2.45) is 17.8 Å². The van der Waals surface area contributed by atoms with Crippen LogP contribution in [0.4, 0.5) is 4.79 Å². The third-order valence-corrected chi connectivity index (χ3v) is 8.34. The molecule has 1 saturated carbocycles. The molecule has 1 saturated heterocycles. The first kappa shape index (κ1) is 31.2. The molecule has 42 heavy (non-hydrogen) atoms. The number of hydrogen-bond acceptors (Lipinski definition) is 6. The summed E-state index contributed by atoms with van der Waals surface area (Å²) in [6, 6.07) is 5.53. The Morgan fingerprint density at radius 3 is 2.38 bits per heavy atom. The first-order chi connectivity index (χ1) is 19.7. The van der Waals surface area contributed by atoms with Crippen LogP contribution in [0.1, 0.15) is 48.1 Å². The third-order valence-electron chi connectivity index (χ3n) is 8.03. The van der Waals surface area contributed by atoms with Gasteiger partial charge in [0.25, 0.3) is 5.91 Å². The van der Waals surface area contributed by atoms with E-state index in [1.54, 1.807) is 46.0 Å². The number of aromatic hydroxyl groups is 1. The van der Waals surface area contributed by atoms with Crippen molar-refractivity contribution in [2.45, 2.75) is 59.2 Å². The first-order valence-electron chi connectivity index (χ1n) is 14.1. The van der Waals surface area contributed by atoms with E-state index in [0.29, 0.717) is 42.6 Å². The minimum atomic E-state index is -0.912. The Balaban J connectivity index is 1.31. The molecule has 4 amide bonds. The monoisotopic (exact) mass is 601 g/mol. The zero-order valence-corrected chi connectivity index (χ0v) is 25.7. The molecule has 0 bridgehead atoms. The molecule has 1 aliphatic heterocycles. The van der Waals surface area contributed by atoms with Gasteiger partial charge in [-0.15, -0.1) is 0 Å². The number of aryl methyl sites for hydroxylation is 1. The number of fused-ring (bicyclic) bond motifs is 1. The van der Waals surface area contributed by atoms with Crippen LogP contribution in [0.25, 0.3) is 0 Å². The van der Waals surface area contributed by atoms with Crippen molar-refractivity contribution in [3.8, 4) is 5.75 Å². The lowest BCUT2D eigenvalue weighted by Crippen LogP contribution is -2.50. The van der Waals surface area contributed by atoms with Gasteiger partial charge >= 0.3 is 6.09 Å². The number of benzene rings is 1. The van der Waals surface area contributed by atoms with Crippen molar-refractivity contribution in [3.63, 3.8) is 0 Å². The van der Waals surface area contributed by atoms with Crippen molar-refractivity contribution in [1.82, 2.24) is 25.4 Å². The van der Waals surface area contributed by atoms with Gasteiger partial charge in [-0.25, -0.2) is 4.79 Å². The molecule has 1 aliphatic carbocycles. The standard InChI is InChI=1S/C30H40ClN5O6/c1-16-9-19(27(39)32-6)17(2)36(16)15-26(38)35-13-21-20(22(21)14-35)12-33-28(40)24(34-29(41)42-30(3,4)5)11-18-7-8-25(37)23(31)10-18/h7-10,20-22,24,37H,11-15H2,1-6H3,(H,32,39)(H,33,40)(H,34,41)/t20?,21-,22+,24-/m0/s1. The molecule has 1 unspecified atom stereocenters. The van der Waals surface area contributed by atoms with Crippen LogP contribution in [-0.4, -0.2) is 76.7 Å². The van der Waals surface area contributed by atoms with Crippen LogP contribution >= 0.6 is 11.6 Å². The molecule has 2 fully saturated rings. The molecule has 228 valence electrons. The number of carbonyl (C=O) groups excluding carboxylic acids is 4. The number of piperidine rings is 1. The first-order valence-corrected chi connectivity index (χ1v) is 14.5. The zero-order valence-electron chi connectivity index (χ0n) is 24.9. The molecule has 4 atom stereocenters. The maximum absolute atomic E-state index is 13.2. The lowest BCUT2D eigenvalue weighted by atomic mass is 10.0. The minimum Gasteiger partial charge on any atom is -0.506 e. The number of halogens is 1. The SMILES string of the molecule is CNC(=O)c1cc(C)n(CC(=O)N2C[C@@H]3C(CNC(=O)[C@H](Cc4ccc(O)c(Cl)c4)NC(=O)OC(C)(C)C)[C@@H]3C2)c1C. The van der Waals surface area contributed by atoms with Gasteiger partial charge < -0.3 is 35.3 Å². The molecule has 0 spiro atoms. The summed E-state index contributed by atoms with van der Waals surface area (Å²) in [6.07, 6.45) is -0.550. The summed E-state index contributed by atoms with van der Waals surface area (Å²) in [5.74, 6) is 0.258. The molecule has 4 rings (SSSR count). The molecule has 12 heteroatoms. The molecule has 1 aromatic heterocycles. The highest BCUT2D eigenvalue weighted by Crippen LogP contribution is 2.51. The second kappa shape index (κ2) is 12.2. The molecule has 4 N–H and O–H groups in total. The summed E-state index contributed by atoms with van der Waals surface area (Å²) in [4.78, 5) is 52.7. The molecule has 11 nitrogen and oxygen atoms in total. The van der Waals surface area contributed by atoms with Crippen LogP contribution in [0.5, 0.6) is 5.75 Å². The Hall–Kier alpha value is -3.73. The highest BCUT2D eigenvalue weighted by molar-refractivity contribution is 6.32. The van der Waals surface area contributed by atoms with Gasteiger partial charge in [0, 0.05) is 44.5 Å². The van der Waals surface area contributed by atoms with E-state index < -0.39 is 17.7 Å². The largest absolute Gasteiger partial charge is 0.506 e. The van der Waals surface area contributed by atoms with Crippen molar-refractivity contribution < 1.29 is 29.0 Å². The average molecular weight is 602 g/mol. The number of phenols is 1. The van der Waals surface area contributed by atoms with E-state index in [1.165, 1.54) is 6.07 Å². The normalized spacial score (nSPS) is 20.0. The average Bonchev–Trinajstić information content (AvgIpc) is 3.20.